The summed E-state index contributed by atoms with van der Waals surface area (Å²) in [4.78, 5) is 0. The van der Waals surface area contributed by atoms with Gasteiger partial charge in [0.15, 0.2) is 37.9 Å². The van der Waals surface area contributed by atoms with Crippen molar-refractivity contribution < 1.29 is 9.13 Å². The van der Waals surface area contributed by atoms with Gasteiger partial charge in [0.1, 0.15) is 0 Å². The molecule has 0 spiro atoms. The molecule has 0 saturated carbocycles. The summed E-state index contributed by atoms with van der Waals surface area (Å²) >= 11 is 0. The van der Waals surface area contributed by atoms with Gasteiger partial charge in [-0.1, -0.05) is 109 Å². The van der Waals surface area contributed by atoms with Crippen molar-refractivity contribution in [1.29, 1.82) is 0 Å². The minimum Gasteiger partial charge on any atom is -0.201 e. The second-order valence-corrected chi connectivity index (χ2v) is 10.6. The van der Waals surface area contributed by atoms with Crippen molar-refractivity contribution in [2.24, 2.45) is 10.2 Å². The lowest BCUT2D eigenvalue weighted by atomic mass is 10.1. The van der Waals surface area contributed by atoms with Crippen molar-refractivity contribution in [3.05, 3.63) is 192 Å². The molecule has 2 aromatic heterocycles. The zero-order chi connectivity index (χ0) is 29.8. The van der Waals surface area contributed by atoms with E-state index in [9.17, 15) is 0 Å². The summed E-state index contributed by atoms with van der Waals surface area (Å²) in [6.45, 7) is 1.60. The van der Waals surface area contributed by atoms with Crippen LogP contribution >= 0.6 is 0 Å². The number of benzene rings is 4. The molecule has 4 aromatic carbocycles. The summed E-state index contributed by atoms with van der Waals surface area (Å²) in [6.07, 6.45) is 17.0. The smallest absolute Gasteiger partial charge is 0.173 e. The highest BCUT2D eigenvalue weighted by Gasteiger charge is 2.05. The van der Waals surface area contributed by atoms with Gasteiger partial charge in [-0.15, -0.1) is 0 Å². The van der Waals surface area contributed by atoms with Crippen LogP contribution in [0, 0.1) is 0 Å². The minimum absolute atomic E-state index is 0.798. The molecule has 0 unspecified atom stereocenters. The molecule has 0 aliphatic heterocycles. The highest BCUT2D eigenvalue weighted by Crippen LogP contribution is 2.19. The summed E-state index contributed by atoms with van der Waals surface area (Å²) in [6, 6.07) is 45.7. The molecule has 2 heterocycles. The van der Waals surface area contributed by atoms with E-state index in [1.165, 1.54) is 33.4 Å². The van der Waals surface area contributed by atoms with Gasteiger partial charge in [0.05, 0.1) is 11.4 Å². The highest BCUT2D eigenvalue weighted by atomic mass is 15.1. The minimum atomic E-state index is 0.798. The lowest BCUT2D eigenvalue weighted by Gasteiger charge is -2.01. The predicted octanol–water partition coefficient (Wildman–Crippen LogP) is 9.11. The molecule has 0 radical (unpaired) electrons. The van der Waals surface area contributed by atoms with Gasteiger partial charge in [0.25, 0.3) is 0 Å². The van der Waals surface area contributed by atoms with Gasteiger partial charge in [0.2, 0.25) is 0 Å². The van der Waals surface area contributed by atoms with Crippen molar-refractivity contribution >= 4 is 35.7 Å². The molecule has 0 aliphatic rings. The average Bonchev–Trinajstić information content (AvgIpc) is 3.09. The quantitative estimate of drug-likeness (QED) is 0.116. The topological polar surface area (TPSA) is 32.5 Å². The number of rotatable bonds is 10. The summed E-state index contributed by atoms with van der Waals surface area (Å²) in [7, 11) is 0. The molecular formula is C40H34N4+2. The molecule has 6 rings (SSSR count). The Morgan fingerprint density at radius 2 is 0.682 bits per heavy atom. The lowest BCUT2D eigenvalue weighted by molar-refractivity contribution is -0.688. The average molecular weight is 571 g/mol. The first-order valence-corrected chi connectivity index (χ1v) is 14.8. The molecule has 0 amide bonds. The van der Waals surface area contributed by atoms with Crippen LogP contribution in [0.2, 0.25) is 0 Å². The molecule has 212 valence electrons. The SMILES string of the molecule is C(=C\c1cc[n+](Cc2ccc(N=Nc3ccc(C[n+]4ccc(/C=C/c5ccccc5)cc4)cc3)cc2)cc1)/c1ccccc1. The second-order valence-electron chi connectivity index (χ2n) is 10.6. The van der Waals surface area contributed by atoms with Crippen molar-refractivity contribution in [2.45, 2.75) is 13.1 Å². The number of hydrogen-bond acceptors (Lipinski definition) is 2. The molecular weight excluding hydrogens is 536 g/mol. The normalized spacial score (nSPS) is 11.5. The van der Waals surface area contributed by atoms with E-state index < -0.39 is 0 Å². The monoisotopic (exact) mass is 570 g/mol. The summed E-state index contributed by atoms with van der Waals surface area (Å²) in [5.74, 6) is 0. The van der Waals surface area contributed by atoms with Crippen molar-refractivity contribution in [3.63, 3.8) is 0 Å². The molecule has 0 aliphatic carbocycles. The van der Waals surface area contributed by atoms with E-state index in [2.05, 4.69) is 166 Å². The van der Waals surface area contributed by atoms with E-state index in [0.29, 0.717) is 0 Å². The third-order valence-corrected chi connectivity index (χ3v) is 7.25. The highest BCUT2D eigenvalue weighted by molar-refractivity contribution is 5.69. The van der Waals surface area contributed by atoms with Crippen LogP contribution in [0.25, 0.3) is 24.3 Å². The molecule has 0 saturated heterocycles. The van der Waals surface area contributed by atoms with Gasteiger partial charge in [0, 0.05) is 35.4 Å². The van der Waals surface area contributed by atoms with E-state index >= 15 is 0 Å². The largest absolute Gasteiger partial charge is 0.201 e. The molecule has 0 fully saturated rings. The molecule has 4 nitrogen and oxygen atoms in total. The Hall–Kier alpha value is -5.74. The first-order valence-electron chi connectivity index (χ1n) is 14.8. The summed E-state index contributed by atoms with van der Waals surface area (Å²) in [5, 5.41) is 8.89. The van der Waals surface area contributed by atoms with Gasteiger partial charge >= 0.3 is 0 Å². The zero-order valence-corrected chi connectivity index (χ0v) is 24.5. The first kappa shape index (κ1) is 28.4. The molecule has 4 heteroatoms. The Balaban J connectivity index is 0.989. The second kappa shape index (κ2) is 14.4. The van der Waals surface area contributed by atoms with Crippen molar-refractivity contribution in [3.8, 4) is 0 Å². The van der Waals surface area contributed by atoms with Crippen molar-refractivity contribution in [1.82, 2.24) is 0 Å². The van der Waals surface area contributed by atoms with Gasteiger partial charge in [-0.2, -0.15) is 10.2 Å². The molecule has 0 bridgehead atoms. The van der Waals surface area contributed by atoms with Gasteiger partial charge in [-0.25, -0.2) is 9.13 Å². The predicted molar refractivity (Wildman–Crippen MR) is 179 cm³/mol. The Morgan fingerprint density at radius 1 is 0.364 bits per heavy atom. The van der Waals surface area contributed by atoms with Crippen LogP contribution < -0.4 is 9.13 Å². The van der Waals surface area contributed by atoms with Crippen LogP contribution in [-0.2, 0) is 13.1 Å². The Bertz CT molecular complexity index is 1700. The Morgan fingerprint density at radius 3 is 1.02 bits per heavy atom. The number of aromatic nitrogens is 2. The number of azo groups is 1. The van der Waals surface area contributed by atoms with Gasteiger partial charge in [-0.05, 0) is 46.5 Å². The summed E-state index contributed by atoms with van der Waals surface area (Å²) in [5.41, 5.74) is 8.84. The molecule has 0 N–H and O–H groups in total. The standard InChI is InChI=1S/C40H34N4/c1-3-7-33(8-4-1)11-13-35-23-27-43(28-24-35)31-37-15-19-39(20-16-37)41-42-40-21-17-38(18-22-40)32-44-29-25-36(26-30-44)14-12-34-9-5-2-6-10-34/h1-30H,31-32H2/q+2/b13-11+,14-12+,42-41?. The fourth-order valence-electron chi connectivity index (χ4n) is 4.76. The van der Waals surface area contributed by atoms with E-state index in [1.54, 1.807) is 0 Å². The third-order valence-electron chi connectivity index (χ3n) is 7.25. The van der Waals surface area contributed by atoms with Crippen LogP contribution in [0.3, 0.4) is 0 Å². The molecule has 0 atom stereocenters. The molecule has 44 heavy (non-hydrogen) atoms. The van der Waals surface area contributed by atoms with Gasteiger partial charge < -0.3 is 0 Å². The molecule has 6 aromatic rings. The van der Waals surface area contributed by atoms with Crippen molar-refractivity contribution in [2.75, 3.05) is 0 Å². The Kier molecular flexibility index (Phi) is 9.31. The summed E-state index contributed by atoms with van der Waals surface area (Å²) < 4.78 is 4.35. The van der Waals surface area contributed by atoms with E-state index in [-0.39, 0.29) is 0 Å². The van der Waals surface area contributed by atoms with Gasteiger partial charge in [-0.3, -0.25) is 0 Å². The maximum Gasteiger partial charge on any atom is 0.173 e. The van der Waals surface area contributed by atoms with Crippen LogP contribution in [0.15, 0.2) is 168 Å². The van der Waals surface area contributed by atoms with Crippen LogP contribution in [0.4, 0.5) is 11.4 Å². The first-order chi connectivity index (χ1) is 21.7. The lowest BCUT2D eigenvalue weighted by Crippen LogP contribution is -2.33. The van der Waals surface area contributed by atoms with E-state index in [1.807, 2.05) is 36.4 Å². The fraction of sp³-hybridized carbons (Fsp3) is 0.0500. The Labute approximate surface area is 259 Å². The zero-order valence-electron chi connectivity index (χ0n) is 24.5. The van der Waals surface area contributed by atoms with E-state index in [0.717, 1.165) is 24.5 Å². The fourth-order valence-corrected chi connectivity index (χ4v) is 4.76. The third kappa shape index (κ3) is 8.40. The van der Waals surface area contributed by atoms with Crippen LogP contribution in [-0.4, -0.2) is 0 Å². The van der Waals surface area contributed by atoms with E-state index in [4.69, 9.17) is 0 Å². The number of hydrogen-bond donors (Lipinski definition) is 0. The number of nitrogens with zero attached hydrogens (tertiary/aromatic N) is 4. The number of pyridine rings is 2. The maximum atomic E-state index is 4.44. The van der Waals surface area contributed by atoms with Crippen LogP contribution in [0.1, 0.15) is 33.4 Å². The maximum absolute atomic E-state index is 4.44. The van der Waals surface area contributed by atoms with Crippen LogP contribution in [0.5, 0.6) is 0 Å².